The molecule has 0 aliphatic carbocycles. The first-order chi connectivity index (χ1) is 8.69. The SMILES string of the molecule is CCC(C)N(CCOC)C(=O)CC1CCNCC1. The minimum Gasteiger partial charge on any atom is -0.383 e. The van der Waals surface area contributed by atoms with Crippen LogP contribution in [0.3, 0.4) is 0 Å². The van der Waals surface area contributed by atoms with E-state index in [1.807, 2.05) is 4.90 Å². The van der Waals surface area contributed by atoms with E-state index in [-0.39, 0.29) is 0 Å². The smallest absolute Gasteiger partial charge is 0.223 e. The molecule has 1 rings (SSSR count). The molecule has 0 saturated carbocycles. The number of nitrogens with one attached hydrogen (secondary N) is 1. The Morgan fingerprint density at radius 1 is 1.44 bits per heavy atom. The standard InChI is InChI=1S/C14H28N2O2/c1-4-12(2)16(9-10-18-3)14(17)11-13-5-7-15-8-6-13/h12-13,15H,4-11H2,1-3H3. The van der Waals surface area contributed by atoms with Crippen LogP contribution in [0, 0.1) is 5.92 Å². The lowest BCUT2D eigenvalue weighted by molar-refractivity contribution is -0.135. The summed E-state index contributed by atoms with van der Waals surface area (Å²) in [6.45, 7) is 7.70. The van der Waals surface area contributed by atoms with E-state index in [1.54, 1.807) is 7.11 Å². The summed E-state index contributed by atoms with van der Waals surface area (Å²) in [6.07, 6.45) is 3.96. The molecule has 1 atom stereocenters. The van der Waals surface area contributed by atoms with E-state index >= 15 is 0 Å². The van der Waals surface area contributed by atoms with E-state index in [2.05, 4.69) is 19.2 Å². The number of amides is 1. The zero-order valence-electron chi connectivity index (χ0n) is 12.1. The third-order valence-electron chi connectivity index (χ3n) is 3.90. The van der Waals surface area contributed by atoms with Crippen molar-refractivity contribution in [3.05, 3.63) is 0 Å². The van der Waals surface area contributed by atoms with Crippen molar-refractivity contribution in [1.82, 2.24) is 10.2 Å². The lowest BCUT2D eigenvalue weighted by atomic mass is 9.94. The molecular formula is C14H28N2O2. The first-order valence-electron chi connectivity index (χ1n) is 7.18. The number of carbonyl (C=O) groups excluding carboxylic acids is 1. The molecular weight excluding hydrogens is 228 g/mol. The second kappa shape index (κ2) is 8.48. The molecule has 0 aromatic carbocycles. The second-order valence-electron chi connectivity index (χ2n) is 5.23. The van der Waals surface area contributed by atoms with Crippen LogP contribution in [0.2, 0.25) is 0 Å². The molecule has 1 aliphatic rings. The van der Waals surface area contributed by atoms with Crippen molar-refractivity contribution in [2.24, 2.45) is 5.92 Å². The number of hydrogen-bond donors (Lipinski definition) is 1. The quantitative estimate of drug-likeness (QED) is 0.753. The first-order valence-corrected chi connectivity index (χ1v) is 7.18. The Balaban J connectivity index is 2.46. The van der Waals surface area contributed by atoms with Gasteiger partial charge in [0.1, 0.15) is 0 Å². The largest absolute Gasteiger partial charge is 0.383 e. The van der Waals surface area contributed by atoms with Crippen molar-refractivity contribution in [3.8, 4) is 0 Å². The first kappa shape index (κ1) is 15.4. The van der Waals surface area contributed by atoms with Gasteiger partial charge in [0.25, 0.3) is 0 Å². The number of hydrogen-bond acceptors (Lipinski definition) is 3. The van der Waals surface area contributed by atoms with Gasteiger partial charge in [0.05, 0.1) is 6.61 Å². The van der Waals surface area contributed by atoms with Gasteiger partial charge in [-0.25, -0.2) is 0 Å². The van der Waals surface area contributed by atoms with Crippen LogP contribution in [0.1, 0.15) is 39.5 Å². The average molecular weight is 256 g/mol. The Hall–Kier alpha value is -0.610. The fourth-order valence-electron chi connectivity index (χ4n) is 2.45. The van der Waals surface area contributed by atoms with Gasteiger partial charge in [0.2, 0.25) is 5.91 Å². The molecule has 0 aromatic heterocycles. The Labute approximate surface area is 111 Å². The van der Waals surface area contributed by atoms with Crippen LogP contribution in [0.25, 0.3) is 0 Å². The van der Waals surface area contributed by atoms with Crippen molar-refractivity contribution in [2.75, 3.05) is 33.4 Å². The summed E-state index contributed by atoms with van der Waals surface area (Å²) < 4.78 is 5.10. The number of nitrogens with zero attached hydrogens (tertiary/aromatic N) is 1. The van der Waals surface area contributed by atoms with Gasteiger partial charge in [0.15, 0.2) is 0 Å². The van der Waals surface area contributed by atoms with E-state index < -0.39 is 0 Å². The molecule has 1 amide bonds. The van der Waals surface area contributed by atoms with Crippen LogP contribution in [-0.2, 0) is 9.53 Å². The average Bonchev–Trinajstić information content (AvgIpc) is 2.40. The Kier molecular flexibility index (Phi) is 7.28. The molecule has 0 bridgehead atoms. The second-order valence-corrected chi connectivity index (χ2v) is 5.23. The maximum absolute atomic E-state index is 12.4. The van der Waals surface area contributed by atoms with Crippen molar-refractivity contribution in [1.29, 1.82) is 0 Å². The minimum atomic E-state index is 0.299. The van der Waals surface area contributed by atoms with Crippen LogP contribution in [0.15, 0.2) is 0 Å². The molecule has 1 N–H and O–H groups in total. The third-order valence-corrected chi connectivity index (χ3v) is 3.90. The van der Waals surface area contributed by atoms with Gasteiger partial charge in [-0.3, -0.25) is 4.79 Å². The summed E-state index contributed by atoms with van der Waals surface area (Å²) in [5, 5.41) is 3.34. The molecule has 18 heavy (non-hydrogen) atoms. The number of methoxy groups -OCH3 is 1. The maximum Gasteiger partial charge on any atom is 0.223 e. The molecule has 0 radical (unpaired) electrons. The molecule has 1 heterocycles. The highest BCUT2D eigenvalue weighted by Gasteiger charge is 2.23. The van der Waals surface area contributed by atoms with Crippen LogP contribution in [0.4, 0.5) is 0 Å². The highest BCUT2D eigenvalue weighted by molar-refractivity contribution is 5.76. The molecule has 4 heteroatoms. The molecule has 1 fully saturated rings. The fourth-order valence-corrected chi connectivity index (χ4v) is 2.45. The molecule has 1 aliphatic heterocycles. The Morgan fingerprint density at radius 2 is 2.11 bits per heavy atom. The zero-order chi connectivity index (χ0) is 13.4. The van der Waals surface area contributed by atoms with Crippen LogP contribution < -0.4 is 5.32 Å². The van der Waals surface area contributed by atoms with E-state index in [4.69, 9.17) is 4.74 Å². The molecule has 0 spiro atoms. The van der Waals surface area contributed by atoms with Gasteiger partial charge in [-0.1, -0.05) is 6.92 Å². The van der Waals surface area contributed by atoms with Gasteiger partial charge >= 0.3 is 0 Å². The van der Waals surface area contributed by atoms with E-state index in [0.717, 1.165) is 38.9 Å². The van der Waals surface area contributed by atoms with E-state index in [1.165, 1.54) is 0 Å². The summed E-state index contributed by atoms with van der Waals surface area (Å²) in [7, 11) is 1.69. The van der Waals surface area contributed by atoms with Gasteiger partial charge in [0, 0.05) is 26.1 Å². The molecule has 0 aromatic rings. The number of carbonyl (C=O) groups is 1. The normalized spacial score (nSPS) is 18.6. The third kappa shape index (κ3) is 4.94. The Bertz CT molecular complexity index is 240. The predicted molar refractivity (Wildman–Crippen MR) is 73.6 cm³/mol. The molecule has 4 nitrogen and oxygen atoms in total. The predicted octanol–water partition coefficient (Wildman–Crippen LogP) is 1.65. The summed E-state index contributed by atoms with van der Waals surface area (Å²) >= 11 is 0. The summed E-state index contributed by atoms with van der Waals surface area (Å²) in [6, 6.07) is 0.314. The fraction of sp³-hybridized carbons (Fsp3) is 0.929. The molecule has 106 valence electrons. The van der Waals surface area contributed by atoms with Crippen molar-refractivity contribution in [3.63, 3.8) is 0 Å². The van der Waals surface area contributed by atoms with E-state index in [0.29, 0.717) is 30.9 Å². The summed E-state index contributed by atoms with van der Waals surface area (Å²) in [5.41, 5.74) is 0. The zero-order valence-corrected chi connectivity index (χ0v) is 12.1. The highest BCUT2D eigenvalue weighted by Crippen LogP contribution is 2.18. The summed E-state index contributed by atoms with van der Waals surface area (Å²) in [4.78, 5) is 14.4. The van der Waals surface area contributed by atoms with Gasteiger partial charge in [-0.05, 0) is 45.2 Å². The van der Waals surface area contributed by atoms with Crippen LogP contribution in [0.5, 0.6) is 0 Å². The highest BCUT2D eigenvalue weighted by atomic mass is 16.5. The van der Waals surface area contributed by atoms with Crippen LogP contribution >= 0.6 is 0 Å². The van der Waals surface area contributed by atoms with Gasteiger partial charge in [-0.15, -0.1) is 0 Å². The lowest BCUT2D eigenvalue weighted by Crippen LogP contribution is -2.42. The van der Waals surface area contributed by atoms with E-state index in [9.17, 15) is 4.79 Å². The monoisotopic (exact) mass is 256 g/mol. The maximum atomic E-state index is 12.4. The number of rotatable bonds is 7. The molecule has 1 unspecified atom stereocenters. The van der Waals surface area contributed by atoms with Crippen molar-refractivity contribution < 1.29 is 9.53 Å². The molecule has 1 saturated heterocycles. The van der Waals surface area contributed by atoms with Crippen molar-refractivity contribution in [2.45, 2.75) is 45.6 Å². The van der Waals surface area contributed by atoms with Gasteiger partial charge in [-0.2, -0.15) is 0 Å². The minimum absolute atomic E-state index is 0.299. The van der Waals surface area contributed by atoms with Crippen molar-refractivity contribution >= 4 is 5.91 Å². The van der Waals surface area contributed by atoms with Gasteiger partial charge < -0.3 is 15.0 Å². The lowest BCUT2D eigenvalue weighted by Gasteiger charge is -2.31. The number of piperidine rings is 1. The Morgan fingerprint density at radius 3 is 2.67 bits per heavy atom. The summed E-state index contributed by atoms with van der Waals surface area (Å²) in [5.74, 6) is 0.862. The topological polar surface area (TPSA) is 41.6 Å². The van der Waals surface area contributed by atoms with Crippen LogP contribution in [-0.4, -0.2) is 50.2 Å². The number of ether oxygens (including phenoxy) is 1.